The summed E-state index contributed by atoms with van der Waals surface area (Å²) in [6, 6.07) is 0. The van der Waals surface area contributed by atoms with Crippen LogP contribution in [0.2, 0.25) is 0 Å². The van der Waals surface area contributed by atoms with Crippen LogP contribution in [0.3, 0.4) is 0 Å². The average molecular weight is 148 g/mol. The normalized spacial score (nSPS) is 2.29. The predicted octanol–water partition coefficient (Wildman–Crippen LogP) is -1.51. The minimum atomic E-state index is -2.00. The van der Waals surface area contributed by atoms with Gasteiger partial charge in [0.1, 0.15) is 0 Å². The Bertz CT molecular complexity index is 65.7. The van der Waals surface area contributed by atoms with E-state index >= 15 is 0 Å². The van der Waals surface area contributed by atoms with Crippen LogP contribution in [0.4, 0.5) is 0 Å². The molecular formula is HLiO4SiTi. The van der Waals surface area contributed by atoms with E-state index in [-0.39, 0.29) is 18.9 Å². The van der Waals surface area contributed by atoms with E-state index in [0.29, 0.717) is 0 Å². The van der Waals surface area contributed by atoms with Crippen molar-refractivity contribution in [2.75, 3.05) is 0 Å². The molecule has 0 aliphatic rings. The van der Waals surface area contributed by atoms with E-state index in [0.717, 1.165) is 0 Å². The van der Waals surface area contributed by atoms with Crippen LogP contribution in [0.5, 0.6) is 0 Å². The van der Waals surface area contributed by atoms with Gasteiger partial charge in [0.15, 0.2) is 0 Å². The van der Waals surface area contributed by atoms with Crippen molar-refractivity contribution >= 4 is 28.2 Å². The quantitative estimate of drug-likeness (QED) is 0.391. The first-order valence-corrected chi connectivity index (χ1v) is 2.91. The van der Waals surface area contributed by atoms with Gasteiger partial charge in [0.25, 0.3) is 0 Å². The van der Waals surface area contributed by atoms with Crippen molar-refractivity contribution in [2.45, 2.75) is 0 Å². The molecule has 0 atom stereocenters. The Kier molecular flexibility index (Phi) is 66.3. The zero-order valence-corrected chi connectivity index (χ0v) is 5.19. The molecule has 0 rings (SSSR count). The van der Waals surface area contributed by atoms with Crippen molar-refractivity contribution in [3.05, 3.63) is 0 Å². The molecular weight excluding hydrogens is 147 g/mol. The minimum absolute atomic E-state index is 0. The molecule has 7 heteroatoms. The van der Waals surface area contributed by atoms with Crippen molar-refractivity contribution < 1.29 is 34.7 Å². The second kappa shape index (κ2) is 29.7. The van der Waals surface area contributed by atoms with Crippen LogP contribution in [0.25, 0.3) is 0 Å². The number of hydrogen-bond acceptors (Lipinski definition) is 4. The third-order valence-electron chi connectivity index (χ3n) is 0. The van der Waals surface area contributed by atoms with Gasteiger partial charge in [-0.3, -0.25) is 8.92 Å². The second-order valence-electron chi connectivity index (χ2n) is 0.167. The Morgan fingerprint density at radius 1 is 1.14 bits per heavy atom. The van der Waals surface area contributed by atoms with Crippen molar-refractivity contribution in [2.24, 2.45) is 0 Å². The molecule has 0 heterocycles. The van der Waals surface area contributed by atoms with E-state index in [9.17, 15) is 0 Å². The number of rotatable bonds is 0. The summed E-state index contributed by atoms with van der Waals surface area (Å²) in [7, 11) is -1.42. The van der Waals surface area contributed by atoms with E-state index in [2.05, 4.69) is 0 Å². The molecule has 4 nitrogen and oxygen atoms in total. The van der Waals surface area contributed by atoms with E-state index in [4.69, 9.17) is 15.6 Å². The average Bonchev–Trinajstić information content (AvgIpc) is 1.39. The molecule has 0 aliphatic carbocycles. The van der Waals surface area contributed by atoms with Gasteiger partial charge < -0.3 is 0 Å². The number of hydrogen-bond donors (Lipinski definition) is 0. The first-order chi connectivity index (χ1) is 2.83. The third-order valence-corrected chi connectivity index (χ3v) is 0. The summed E-state index contributed by atoms with van der Waals surface area (Å²) in [5.74, 6) is 0. The zero-order valence-electron chi connectivity index (χ0n) is 2.63. The summed E-state index contributed by atoms with van der Waals surface area (Å²) in [5, 5.41) is 0. The van der Waals surface area contributed by atoms with Gasteiger partial charge in [-0.1, -0.05) is 0 Å². The summed E-state index contributed by atoms with van der Waals surface area (Å²) in [6.45, 7) is 0. The van der Waals surface area contributed by atoms with Gasteiger partial charge in [-0.25, -0.2) is 0 Å². The van der Waals surface area contributed by atoms with E-state index < -0.39 is 28.4 Å². The van der Waals surface area contributed by atoms with Gasteiger partial charge in [0, 0.05) is 0 Å². The van der Waals surface area contributed by atoms with Gasteiger partial charge in [0.05, 0.1) is 0 Å². The van der Waals surface area contributed by atoms with Crippen LogP contribution in [-0.4, -0.2) is 28.2 Å². The Balaban J connectivity index is -0.0000000400. The van der Waals surface area contributed by atoms with Crippen LogP contribution >= 0.6 is 0 Å². The standard InChI is InChI=1S/Li.O2Si.2O.Ti.H/c;1-3-2;;;;. The maximum atomic E-state index is 8.50. The summed E-state index contributed by atoms with van der Waals surface area (Å²) in [6.07, 6.45) is 0. The molecule has 0 spiro atoms. The fourth-order valence-corrected chi connectivity index (χ4v) is 0. The first-order valence-electron chi connectivity index (χ1n) is 0.816. The van der Waals surface area contributed by atoms with Gasteiger partial charge >= 0.3 is 53.9 Å². The van der Waals surface area contributed by atoms with Crippen LogP contribution in [0.1, 0.15) is 0 Å². The van der Waals surface area contributed by atoms with Crippen molar-refractivity contribution in [1.29, 1.82) is 0 Å². The molecule has 0 aromatic carbocycles. The van der Waals surface area contributed by atoms with E-state index in [1.807, 2.05) is 0 Å². The zero-order chi connectivity index (χ0) is 5.41. The molecule has 7 heavy (non-hydrogen) atoms. The Morgan fingerprint density at radius 2 is 1.14 bits per heavy atom. The topological polar surface area (TPSA) is 68.3 Å². The van der Waals surface area contributed by atoms with E-state index in [1.54, 1.807) is 0 Å². The van der Waals surface area contributed by atoms with Crippen LogP contribution in [0, 0.1) is 0 Å². The first kappa shape index (κ1) is 15.6. The fourth-order valence-electron chi connectivity index (χ4n) is 0. The molecule has 0 saturated carbocycles. The molecule has 0 fully saturated rings. The second-order valence-corrected chi connectivity index (χ2v) is 0.594. The van der Waals surface area contributed by atoms with Gasteiger partial charge in [-0.15, -0.1) is 0 Å². The van der Waals surface area contributed by atoms with Gasteiger partial charge in [-0.2, -0.15) is 0 Å². The van der Waals surface area contributed by atoms with E-state index in [1.165, 1.54) is 0 Å². The van der Waals surface area contributed by atoms with Gasteiger partial charge in [0.2, 0.25) is 0 Å². The molecule has 0 saturated heterocycles. The fraction of sp³-hybridized carbons (Fsp3) is 0. The molecule has 0 aliphatic heterocycles. The Hall–Kier alpha value is 0.729. The molecule has 0 N–H and O–H groups in total. The predicted molar refractivity (Wildman–Crippen MR) is 15.6 cm³/mol. The summed E-state index contributed by atoms with van der Waals surface area (Å²) < 4.78 is 33.8. The third kappa shape index (κ3) is 283. The van der Waals surface area contributed by atoms with Crippen molar-refractivity contribution in [1.82, 2.24) is 0 Å². The SMILES string of the molecule is O=[Si]=O.[LiH].[O]=[Ti]=[O]. The molecule has 0 bridgehead atoms. The van der Waals surface area contributed by atoms with Crippen molar-refractivity contribution in [3.63, 3.8) is 0 Å². The van der Waals surface area contributed by atoms with Crippen LogP contribution < -0.4 is 0 Å². The summed E-state index contributed by atoms with van der Waals surface area (Å²) >= 11 is -2.00. The summed E-state index contributed by atoms with van der Waals surface area (Å²) in [5.41, 5.74) is 0. The monoisotopic (exact) mass is 148 g/mol. The Labute approximate surface area is 62.7 Å². The van der Waals surface area contributed by atoms with Crippen molar-refractivity contribution in [3.8, 4) is 0 Å². The van der Waals surface area contributed by atoms with Crippen LogP contribution in [0.15, 0.2) is 0 Å². The molecule has 34 valence electrons. The molecule has 0 amide bonds. The van der Waals surface area contributed by atoms with Crippen LogP contribution in [-0.2, 0) is 34.7 Å². The molecule has 0 radical (unpaired) electrons. The van der Waals surface area contributed by atoms with Gasteiger partial charge in [-0.05, 0) is 0 Å². The molecule has 0 aromatic rings. The Morgan fingerprint density at radius 3 is 1.14 bits per heavy atom. The maximum absolute atomic E-state index is 8.50. The summed E-state index contributed by atoms with van der Waals surface area (Å²) in [4.78, 5) is 0. The molecule has 0 unspecified atom stereocenters. The molecule has 0 aromatic heterocycles.